The summed E-state index contributed by atoms with van der Waals surface area (Å²) in [6, 6.07) is 13.1. The topological polar surface area (TPSA) is 96.3 Å². The maximum atomic E-state index is 12.0. The Labute approximate surface area is 140 Å². The van der Waals surface area contributed by atoms with Crippen molar-refractivity contribution in [3.05, 3.63) is 53.6 Å². The summed E-state index contributed by atoms with van der Waals surface area (Å²) in [6.07, 6.45) is 1.10. The molecular formula is C17H16N2O4S. The quantitative estimate of drug-likeness (QED) is 0.897. The minimum atomic E-state index is -3.36. The highest BCUT2D eigenvalue weighted by Gasteiger charge is 2.12. The largest absolute Gasteiger partial charge is 0.482 e. The number of para-hydroxylation sites is 1. The first kappa shape index (κ1) is 17.5. The number of hydrogen-bond acceptors (Lipinski definition) is 5. The van der Waals surface area contributed by atoms with Gasteiger partial charge in [0.2, 0.25) is 0 Å². The number of anilines is 1. The first-order valence-corrected chi connectivity index (χ1v) is 8.93. The number of rotatable bonds is 5. The number of nitrogens with zero attached hydrogens (tertiary/aromatic N) is 1. The fourth-order valence-corrected chi connectivity index (χ4v) is 2.63. The van der Waals surface area contributed by atoms with Gasteiger partial charge in [-0.15, -0.1) is 0 Å². The third-order valence-corrected chi connectivity index (χ3v) is 4.39. The van der Waals surface area contributed by atoms with Gasteiger partial charge >= 0.3 is 0 Å². The van der Waals surface area contributed by atoms with Crippen LogP contribution in [0.5, 0.6) is 5.75 Å². The number of carbonyl (C=O) groups is 1. The maximum Gasteiger partial charge on any atom is 0.262 e. The van der Waals surface area contributed by atoms with E-state index >= 15 is 0 Å². The van der Waals surface area contributed by atoms with E-state index in [4.69, 9.17) is 10.00 Å². The van der Waals surface area contributed by atoms with Crippen LogP contribution < -0.4 is 10.1 Å². The van der Waals surface area contributed by atoms with Crippen LogP contribution in [0.4, 0.5) is 5.69 Å². The van der Waals surface area contributed by atoms with Gasteiger partial charge in [0, 0.05) is 11.9 Å². The van der Waals surface area contributed by atoms with Gasteiger partial charge in [-0.05, 0) is 36.8 Å². The minimum absolute atomic E-state index is 0.124. The van der Waals surface area contributed by atoms with Crippen molar-refractivity contribution in [2.24, 2.45) is 0 Å². The van der Waals surface area contributed by atoms with Crippen LogP contribution in [0.1, 0.15) is 11.1 Å². The lowest BCUT2D eigenvalue weighted by Crippen LogP contribution is -2.21. The van der Waals surface area contributed by atoms with Crippen molar-refractivity contribution in [1.82, 2.24) is 0 Å². The number of benzene rings is 2. The first-order chi connectivity index (χ1) is 11.3. The van der Waals surface area contributed by atoms with Gasteiger partial charge in [0.25, 0.3) is 5.91 Å². The molecule has 0 aromatic heterocycles. The molecule has 6 nitrogen and oxygen atoms in total. The van der Waals surface area contributed by atoms with Crippen molar-refractivity contribution >= 4 is 21.4 Å². The lowest BCUT2D eigenvalue weighted by atomic mass is 10.2. The summed E-state index contributed by atoms with van der Waals surface area (Å²) in [5.74, 6) is -0.131. The van der Waals surface area contributed by atoms with E-state index in [2.05, 4.69) is 5.32 Å². The number of sulfone groups is 1. The van der Waals surface area contributed by atoms with Crippen molar-refractivity contribution in [2.75, 3.05) is 18.2 Å². The van der Waals surface area contributed by atoms with Gasteiger partial charge < -0.3 is 10.1 Å². The fraction of sp³-hybridized carbons (Fsp3) is 0.176. The third kappa shape index (κ3) is 4.33. The molecule has 0 aliphatic heterocycles. The van der Waals surface area contributed by atoms with Crippen LogP contribution in [0.15, 0.2) is 47.4 Å². The lowest BCUT2D eigenvalue weighted by Gasteiger charge is -2.11. The van der Waals surface area contributed by atoms with E-state index in [9.17, 15) is 13.2 Å². The van der Waals surface area contributed by atoms with E-state index in [1.54, 1.807) is 37.3 Å². The highest BCUT2D eigenvalue weighted by atomic mass is 32.2. The molecule has 0 aliphatic rings. The van der Waals surface area contributed by atoms with Gasteiger partial charge in [-0.3, -0.25) is 4.79 Å². The van der Waals surface area contributed by atoms with E-state index in [1.807, 2.05) is 6.07 Å². The number of carbonyl (C=O) groups excluding carboxylic acids is 1. The fourth-order valence-electron chi connectivity index (χ4n) is 1.98. The molecule has 0 radical (unpaired) electrons. The van der Waals surface area contributed by atoms with E-state index in [-0.39, 0.29) is 11.5 Å². The normalized spacial score (nSPS) is 10.7. The molecule has 2 aromatic carbocycles. The van der Waals surface area contributed by atoms with Gasteiger partial charge in [-0.25, -0.2) is 8.42 Å². The summed E-state index contributed by atoms with van der Waals surface area (Å²) >= 11 is 0. The molecule has 24 heavy (non-hydrogen) atoms. The van der Waals surface area contributed by atoms with Crippen molar-refractivity contribution < 1.29 is 17.9 Å². The number of aryl methyl sites for hydroxylation is 1. The molecule has 124 valence electrons. The third-order valence-electron chi connectivity index (χ3n) is 3.28. The summed E-state index contributed by atoms with van der Waals surface area (Å²) in [5, 5.41) is 11.6. The predicted octanol–water partition coefficient (Wildman–Crippen LogP) is 2.29. The van der Waals surface area contributed by atoms with Crippen LogP contribution in [0.25, 0.3) is 0 Å². The van der Waals surface area contributed by atoms with Crippen molar-refractivity contribution in [3.8, 4) is 11.8 Å². The van der Waals surface area contributed by atoms with Crippen LogP contribution >= 0.6 is 0 Å². The molecule has 0 aliphatic carbocycles. The Morgan fingerprint density at radius 1 is 1.25 bits per heavy atom. The summed E-state index contributed by atoms with van der Waals surface area (Å²) in [7, 11) is -3.36. The number of amides is 1. The van der Waals surface area contributed by atoms with Gasteiger partial charge in [-0.1, -0.05) is 18.2 Å². The second kappa shape index (κ2) is 7.15. The average molecular weight is 344 g/mol. The second-order valence-electron chi connectivity index (χ2n) is 5.19. The van der Waals surface area contributed by atoms with Crippen molar-refractivity contribution in [1.29, 1.82) is 5.26 Å². The molecule has 2 rings (SSSR count). The van der Waals surface area contributed by atoms with Crippen LogP contribution in [0.2, 0.25) is 0 Å². The first-order valence-electron chi connectivity index (χ1n) is 7.04. The smallest absolute Gasteiger partial charge is 0.262 e. The zero-order chi connectivity index (χ0) is 17.7. The molecule has 0 spiro atoms. The Balaban J connectivity index is 2.09. The number of nitriles is 1. The van der Waals surface area contributed by atoms with E-state index in [0.29, 0.717) is 17.0 Å². The minimum Gasteiger partial charge on any atom is -0.482 e. The van der Waals surface area contributed by atoms with Crippen LogP contribution in [0, 0.1) is 18.3 Å². The van der Waals surface area contributed by atoms with Crippen LogP contribution in [-0.4, -0.2) is 27.2 Å². The number of hydrogen-bond donors (Lipinski definition) is 1. The summed E-state index contributed by atoms with van der Waals surface area (Å²) in [5.41, 5.74) is 1.47. The van der Waals surface area contributed by atoms with Gasteiger partial charge in [0.1, 0.15) is 11.8 Å². The molecule has 7 heteroatoms. The standard InChI is InChI=1S/C17H16N2O4S/c1-12-7-8-14(24(2,21)22)9-15(12)19-17(20)11-23-16-6-4-3-5-13(16)10-18/h3-9H,11H2,1-2H3,(H,19,20). The molecule has 0 fully saturated rings. The molecule has 1 N–H and O–H groups in total. The Morgan fingerprint density at radius 3 is 2.62 bits per heavy atom. The predicted molar refractivity (Wildman–Crippen MR) is 89.6 cm³/mol. The number of ether oxygens (including phenoxy) is 1. The zero-order valence-corrected chi connectivity index (χ0v) is 14.1. The highest BCUT2D eigenvalue weighted by Crippen LogP contribution is 2.20. The Hall–Kier alpha value is -2.85. The van der Waals surface area contributed by atoms with E-state index < -0.39 is 15.7 Å². The molecule has 0 heterocycles. The lowest BCUT2D eigenvalue weighted by molar-refractivity contribution is -0.118. The van der Waals surface area contributed by atoms with Crippen molar-refractivity contribution in [2.45, 2.75) is 11.8 Å². The zero-order valence-electron chi connectivity index (χ0n) is 13.2. The highest BCUT2D eigenvalue weighted by molar-refractivity contribution is 7.90. The summed E-state index contributed by atoms with van der Waals surface area (Å²) in [4.78, 5) is 12.2. The molecule has 0 bridgehead atoms. The van der Waals surface area contributed by atoms with Gasteiger partial charge in [0.15, 0.2) is 16.4 Å². The van der Waals surface area contributed by atoms with Crippen molar-refractivity contribution in [3.63, 3.8) is 0 Å². The monoisotopic (exact) mass is 344 g/mol. The number of nitrogens with one attached hydrogen (secondary N) is 1. The molecule has 1 amide bonds. The van der Waals surface area contributed by atoms with Crippen LogP contribution in [0.3, 0.4) is 0 Å². The van der Waals surface area contributed by atoms with Crippen LogP contribution in [-0.2, 0) is 14.6 Å². The Morgan fingerprint density at radius 2 is 1.96 bits per heavy atom. The van der Waals surface area contributed by atoms with Gasteiger partial charge in [0.05, 0.1) is 10.5 Å². The van der Waals surface area contributed by atoms with E-state index in [0.717, 1.165) is 11.8 Å². The average Bonchev–Trinajstić information content (AvgIpc) is 2.54. The molecule has 0 atom stereocenters. The summed E-state index contributed by atoms with van der Waals surface area (Å²) < 4.78 is 28.5. The molecule has 0 saturated heterocycles. The Bertz CT molecular complexity index is 914. The molecule has 0 saturated carbocycles. The van der Waals surface area contributed by atoms with E-state index in [1.165, 1.54) is 12.1 Å². The Kier molecular flexibility index (Phi) is 5.21. The summed E-state index contributed by atoms with van der Waals surface area (Å²) in [6.45, 7) is 1.47. The molecule has 0 unspecified atom stereocenters. The molecule has 2 aromatic rings. The molecular weight excluding hydrogens is 328 g/mol. The second-order valence-corrected chi connectivity index (χ2v) is 7.21. The SMILES string of the molecule is Cc1ccc(S(C)(=O)=O)cc1NC(=O)COc1ccccc1C#N. The van der Waals surface area contributed by atoms with Gasteiger partial charge in [-0.2, -0.15) is 5.26 Å². The maximum absolute atomic E-state index is 12.0.